The molecule has 5 nitrogen and oxygen atoms in total. The predicted octanol–water partition coefficient (Wildman–Crippen LogP) is 0.406. The molecule has 0 heterocycles. The normalized spacial score (nSPS) is 14.2. The first-order valence-electron chi connectivity index (χ1n) is 4.01. The van der Waals surface area contributed by atoms with Crippen LogP contribution >= 0.6 is 0 Å². The average Bonchev–Trinajstić information content (AvgIpc) is 1.95. The molecule has 0 rings (SSSR count). The van der Waals surface area contributed by atoms with Crippen LogP contribution in [-0.2, 0) is 14.3 Å². The number of hydrogen-bond donors (Lipinski definition) is 2. The third kappa shape index (κ3) is 7.70. The number of hydrogen-bond acceptors (Lipinski definition) is 4. The van der Waals surface area contributed by atoms with Crippen LogP contribution in [0.2, 0.25) is 0 Å². The van der Waals surface area contributed by atoms with Gasteiger partial charge in [-0.2, -0.15) is 0 Å². The van der Waals surface area contributed by atoms with Gasteiger partial charge in [0.15, 0.2) is 0 Å². The molecule has 0 aliphatic heterocycles. The first kappa shape index (κ1) is 12.3. The van der Waals surface area contributed by atoms with Crippen molar-refractivity contribution in [3.05, 3.63) is 0 Å². The summed E-state index contributed by atoms with van der Waals surface area (Å²) in [6.07, 6.45) is -0.684. The molecular weight excluding hydrogens is 174 g/mol. The van der Waals surface area contributed by atoms with Crippen LogP contribution in [-0.4, -0.2) is 36.7 Å². The van der Waals surface area contributed by atoms with E-state index in [1.54, 1.807) is 0 Å². The lowest BCUT2D eigenvalue weighted by atomic mass is 10.2. The van der Waals surface area contributed by atoms with Crippen LogP contribution in [0.1, 0.15) is 20.8 Å². The van der Waals surface area contributed by atoms with Crippen molar-refractivity contribution in [3.8, 4) is 0 Å². The number of methoxy groups -OCH3 is 1. The smallest absolute Gasteiger partial charge is 0.317 e. The molecule has 13 heavy (non-hydrogen) atoms. The SMILES string of the molecule is COC(NCC(=O)O)OC(C)(C)C. The van der Waals surface area contributed by atoms with Gasteiger partial charge in [-0.1, -0.05) is 0 Å². The molecule has 5 heteroatoms. The Kier molecular flexibility index (Phi) is 4.90. The topological polar surface area (TPSA) is 67.8 Å². The zero-order valence-corrected chi connectivity index (χ0v) is 8.46. The van der Waals surface area contributed by atoms with Gasteiger partial charge in [0.1, 0.15) is 0 Å². The number of carboxylic acids is 1. The van der Waals surface area contributed by atoms with Crippen molar-refractivity contribution < 1.29 is 19.4 Å². The minimum atomic E-state index is -0.945. The third-order valence-electron chi connectivity index (χ3n) is 1.09. The average molecular weight is 191 g/mol. The van der Waals surface area contributed by atoms with E-state index in [-0.39, 0.29) is 12.1 Å². The number of aliphatic carboxylic acids is 1. The van der Waals surface area contributed by atoms with Gasteiger partial charge in [-0.25, -0.2) is 0 Å². The molecule has 0 saturated heterocycles. The summed E-state index contributed by atoms with van der Waals surface area (Å²) in [4.78, 5) is 10.2. The second kappa shape index (κ2) is 5.16. The Balaban J connectivity index is 3.83. The molecule has 78 valence electrons. The van der Waals surface area contributed by atoms with Crippen molar-refractivity contribution in [3.63, 3.8) is 0 Å². The Bertz CT molecular complexity index is 164. The summed E-state index contributed by atoms with van der Waals surface area (Å²) in [6.45, 7) is 5.40. The van der Waals surface area contributed by atoms with Gasteiger partial charge in [-0.05, 0) is 20.8 Å². The molecule has 0 aromatic carbocycles. The van der Waals surface area contributed by atoms with E-state index in [1.807, 2.05) is 20.8 Å². The summed E-state index contributed by atoms with van der Waals surface area (Å²) in [6, 6.07) is 0. The molecule has 0 aromatic rings. The van der Waals surface area contributed by atoms with Crippen molar-refractivity contribution >= 4 is 5.97 Å². The van der Waals surface area contributed by atoms with Crippen molar-refractivity contribution in [2.24, 2.45) is 0 Å². The molecule has 1 unspecified atom stereocenters. The van der Waals surface area contributed by atoms with E-state index in [0.29, 0.717) is 0 Å². The highest BCUT2D eigenvalue weighted by Gasteiger charge is 2.18. The summed E-state index contributed by atoms with van der Waals surface area (Å²) in [5, 5.41) is 11.0. The summed E-state index contributed by atoms with van der Waals surface area (Å²) in [5.74, 6) is -0.945. The van der Waals surface area contributed by atoms with Crippen LogP contribution < -0.4 is 5.32 Å². The molecular formula is C8H17NO4. The fourth-order valence-corrected chi connectivity index (χ4v) is 0.665. The van der Waals surface area contributed by atoms with E-state index in [1.165, 1.54) is 7.11 Å². The van der Waals surface area contributed by atoms with Crippen molar-refractivity contribution in [2.75, 3.05) is 13.7 Å². The van der Waals surface area contributed by atoms with Crippen LogP contribution in [0.15, 0.2) is 0 Å². The Morgan fingerprint density at radius 1 is 1.54 bits per heavy atom. The predicted molar refractivity (Wildman–Crippen MR) is 47.3 cm³/mol. The zero-order chi connectivity index (χ0) is 10.5. The monoisotopic (exact) mass is 191 g/mol. The minimum absolute atomic E-state index is 0.186. The van der Waals surface area contributed by atoms with Crippen LogP contribution in [0, 0.1) is 0 Å². The summed E-state index contributed by atoms with van der Waals surface area (Å²) in [7, 11) is 1.45. The maximum atomic E-state index is 10.2. The molecule has 1 atom stereocenters. The summed E-state index contributed by atoms with van der Waals surface area (Å²) in [5.41, 5.74) is -0.369. The largest absolute Gasteiger partial charge is 0.480 e. The van der Waals surface area contributed by atoms with Crippen molar-refractivity contribution in [1.29, 1.82) is 0 Å². The van der Waals surface area contributed by atoms with Gasteiger partial charge in [0, 0.05) is 7.11 Å². The zero-order valence-electron chi connectivity index (χ0n) is 8.46. The Morgan fingerprint density at radius 2 is 2.08 bits per heavy atom. The maximum absolute atomic E-state index is 10.2. The van der Waals surface area contributed by atoms with Crippen LogP contribution in [0.3, 0.4) is 0 Å². The van der Waals surface area contributed by atoms with Gasteiger partial charge >= 0.3 is 5.97 Å². The Labute approximate surface area is 78.0 Å². The second-order valence-electron chi connectivity index (χ2n) is 3.57. The van der Waals surface area contributed by atoms with E-state index in [0.717, 1.165) is 0 Å². The third-order valence-corrected chi connectivity index (χ3v) is 1.09. The first-order valence-corrected chi connectivity index (χ1v) is 4.01. The molecule has 0 fully saturated rings. The van der Waals surface area contributed by atoms with E-state index in [9.17, 15) is 4.79 Å². The number of carbonyl (C=O) groups is 1. The Morgan fingerprint density at radius 3 is 2.38 bits per heavy atom. The summed E-state index contributed by atoms with van der Waals surface area (Å²) >= 11 is 0. The molecule has 0 bridgehead atoms. The van der Waals surface area contributed by atoms with Gasteiger partial charge in [-0.3, -0.25) is 10.1 Å². The summed E-state index contributed by atoms with van der Waals surface area (Å²) < 4.78 is 10.2. The molecule has 0 aromatic heterocycles. The molecule has 2 N–H and O–H groups in total. The van der Waals surface area contributed by atoms with E-state index >= 15 is 0 Å². The molecule has 0 amide bonds. The lowest BCUT2D eigenvalue weighted by molar-refractivity contribution is -0.198. The first-order chi connectivity index (χ1) is 5.85. The van der Waals surface area contributed by atoms with Crippen molar-refractivity contribution in [2.45, 2.75) is 32.8 Å². The Hall–Kier alpha value is -0.650. The molecule has 0 radical (unpaired) electrons. The molecule has 0 spiro atoms. The highest BCUT2D eigenvalue weighted by atomic mass is 16.7. The van der Waals surface area contributed by atoms with E-state index < -0.39 is 12.4 Å². The second-order valence-corrected chi connectivity index (χ2v) is 3.57. The number of carboxylic acid groups (broad SMARTS) is 1. The maximum Gasteiger partial charge on any atom is 0.317 e. The fourth-order valence-electron chi connectivity index (χ4n) is 0.665. The standard InChI is InChI=1S/C8H17NO4/c1-8(2,3)13-7(12-4)9-5-6(10)11/h7,9H,5H2,1-4H3,(H,10,11). The van der Waals surface area contributed by atoms with Gasteiger partial charge < -0.3 is 14.6 Å². The van der Waals surface area contributed by atoms with Gasteiger partial charge in [0.05, 0.1) is 12.1 Å². The van der Waals surface area contributed by atoms with E-state index in [2.05, 4.69) is 5.32 Å². The van der Waals surface area contributed by atoms with Crippen LogP contribution in [0.5, 0.6) is 0 Å². The fraction of sp³-hybridized carbons (Fsp3) is 0.875. The van der Waals surface area contributed by atoms with Gasteiger partial charge in [0.25, 0.3) is 0 Å². The van der Waals surface area contributed by atoms with Crippen LogP contribution in [0.25, 0.3) is 0 Å². The highest BCUT2D eigenvalue weighted by Crippen LogP contribution is 2.09. The molecule has 0 saturated carbocycles. The van der Waals surface area contributed by atoms with Crippen molar-refractivity contribution in [1.82, 2.24) is 5.32 Å². The highest BCUT2D eigenvalue weighted by molar-refractivity contribution is 5.68. The number of rotatable bonds is 5. The van der Waals surface area contributed by atoms with Gasteiger partial charge in [-0.15, -0.1) is 0 Å². The molecule has 0 aliphatic rings. The number of ether oxygens (including phenoxy) is 2. The van der Waals surface area contributed by atoms with E-state index in [4.69, 9.17) is 14.6 Å². The van der Waals surface area contributed by atoms with Gasteiger partial charge in [0.2, 0.25) is 6.41 Å². The van der Waals surface area contributed by atoms with Crippen LogP contribution in [0.4, 0.5) is 0 Å². The lowest BCUT2D eigenvalue weighted by Crippen LogP contribution is -2.41. The number of nitrogens with one attached hydrogen (secondary N) is 1. The molecule has 0 aliphatic carbocycles. The quantitative estimate of drug-likeness (QED) is 0.616. The minimum Gasteiger partial charge on any atom is -0.480 e. The lowest BCUT2D eigenvalue weighted by Gasteiger charge is -2.26.